The van der Waals surface area contributed by atoms with Gasteiger partial charge in [0.05, 0.1) is 28.7 Å². The smallest absolute Gasteiger partial charge is 0.417 e. The Morgan fingerprint density at radius 2 is 1.76 bits per heavy atom. The second kappa shape index (κ2) is 9.75. The van der Waals surface area contributed by atoms with Crippen molar-refractivity contribution in [1.82, 2.24) is 20.3 Å². The molecule has 4 aliphatic carbocycles. The molecule has 2 bridgehead atoms. The molecule has 218 valence electrons. The van der Waals surface area contributed by atoms with E-state index < -0.39 is 23.3 Å². The van der Waals surface area contributed by atoms with E-state index in [1.54, 1.807) is 6.07 Å². The van der Waals surface area contributed by atoms with E-state index in [9.17, 15) is 23.1 Å². The lowest BCUT2D eigenvalue weighted by molar-refractivity contribution is -0.137. The molecule has 0 aliphatic heterocycles. The lowest BCUT2D eigenvalue weighted by atomic mass is 9.58. The number of nitrogens with zero attached hydrogens (tertiary/aromatic N) is 4. The molecule has 0 amide bonds. The first-order valence-corrected chi connectivity index (χ1v) is 14.0. The van der Waals surface area contributed by atoms with Gasteiger partial charge >= 0.3 is 12.1 Å². The highest BCUT2D eigenvalue weighted by atomic mass is 19.4. The number of carboxylic acid groups (broad SMARTS) is 1. The number of alkyl halides is 3. The first-order chi connectivity index (χ1) is 20.2. The molecule has 8 rings (SSSR count). The Morgan fingerprint density at radius 3 is 2.45 bits per heavy atom. The topological polar surface area (TPSA) is 124 Å². The Bertz CT molecular complexity index is 1630. The van der Waals surface area contributed by atoms with E-state index in [-0.39, 0.29) is 34.8 Å². The van der Waals surface area contributed by atoms with Crippen LogP contribution in [0.25, 0.3) is 22.6 Å². The molecular formula is C30H27F3N4O5. The summed E-state index contributed by atoms with van der Waals surface area (Å²) in [5.74, 6) is 0.505. The Kier molecular flexibility index (Phi) is 6.23. The second-order valence-electron chi connectivity index (χ2n) is 11.6. The van der Waals surface area contributed by atoms with Crippen molar-refractivity contribution in [3.63, 3.8) is 0 Å². The number of rotatable bonds is 8. The minimum Gasteiger partial charge on any atom is -0.478 e. The summed E-state index contributed by atoms with van der Waals surface area (Å²) < 4.78 is 59.4. The van der Waals surface area contributed by atoms with Crippen LogP contribution >= 0.6 is 0 Å². The zero-order chi connectivity index (χ0) is 29.1. The molecule has 0 unspecified atom stereocenters. The Hall–Kier alpha value is -4.06. The predicted octanol–water partition coefficient (Wildman–Crippen LogP) is 6.94. The van der Waals surface area contributed by atoms with Gasteiger partial charge in [-0.3, -0.25) is 4.98 Å². The van der Waals surface area contributed by atoms with Gasteiger partial charge in [0.15, 0.2) is 0 Å². The first-order valence-electron chi connectivity index (χ1n) is 14.0. The van der Waals surface area contributed by atoms with Crippen LogP contribution in [0, 0.1) is 0 Å². The fourth-order valence-electron chi connectivity index (χ4n) is 6.43. The molecule has 9 nitrogen and oxygen atoms in total. The van der Waals surface area contributed by atoms with E-state index in [0.29, 0.717) is 28.6 Å². The van der Waals surface area contributed by atoms with E-state index in [4.69, 9.17) is 13.8 Å². The number of aromatic carboxylic acids is 1. The largest absolute Gasteiger partial charge is 0.478 e. The van der Waals surface area contributed by atoms with Crippen molar-refractivity contribution < 1.29 is 36.9 Å². The molecule has 0 radical (unpaired) electrons. The van der Waals surface area contributed by atoms with E-state index in [2.05, 4.69) is 20.3 Å². The molecule has 3 heterocycles. The average Bonchev–Trinajstić information content (AvgIpc) is 3.55. The summed E-state index contributed by atoms with van der Waals surface area (Å²) in [4.78, 5) is 19.9. The third-order valence-corrected chi connectivity index (χ3v) is 9.08. The molecule has 4 aliphatic rings. The van der Waals surface area contributed by atoms with Gasteiger partial charge in [0, 0.05) is 35.0 Å². The number of fused-ring (bicyclic) bond motifs is 3. The fourth-order valence-corrected chi connectivity index (χ4v) is 6.43. The van der Waals surface area contributed by atoms with E-state index >= 15 is 0 Å². The Morgan fingerprint density at radius 1 is 1.02 bits per heavy atom. The van der Waals surface area contributed by atoms with Gasteiger partial charge in [0.2, 0.25) is 11.7 Å². The summed E-state index contributed by atoms with van der Waals surface area (Å²) in [5, 5.41) is 17.5. The molecule has 3 aromatic heterocycles. The van der Waals surface area contributed by atoms with Gasteiger partial charge in [-0.05, 0) is 63.5 Å². The van der Waals surface area contributed by atoms with Crippen molar-refractivity contribution in [3.05, 3.63) is 71.1 Å². The fraction of sp³-hybridized carbons (Fsp3) is 0.433. The third kappa shape index (κ3) is 4.67. The number of aromatic nitrogens is 4. The van der Waals surface area contributed by atoms with Crippen LogP contribution < -0.4 is 0 Å². The molecule has 42 heavy (non-hydrogen) atoms. The maximum absolute atomic E-state index is 13.8. The molecule has 4 fully saturated rings. The van der Waals surface area contributed by atoms with Gasteiger partial charge in [0.1, 0.15) is 11.5 Å². The predicted molar refractivity (Wildman–Crippen MR) is 140 cm³/mol. The summed E-state index contributed by atoms with van der Waals surface area (Å²) in [6, 6.07) is 6.90. The van der Waals surface area contributed by atoms with Crippen molar-refractivity contribution in [2.75, 3.05) is 0 Å². The van der Waals surface area contributed by atoms with Crippen LogP contribution in [-0.2, 0) is 22.9 Å². The number of hydrogen-bond acceptors (Lipinski definition) is 8. The number of carboxylic acids is 1. The zero-order valence-corrected chi connectivity index (χ0v) is 22.5. The number of hydrogen-bond donors (Lipinski definition) is 1. The van der Waals surface area contributed by atoms with Gasteiger partial charge in [-0.2, -0.15) is 18.2 Å². The van der Waals surface area contributed by atoms with Crippen LogP contribution in [-0.4, -0.2) is 37.0 Å². The molecule has 4 saturated carbocycles. The van der Waals surface area contributed by atoms with Gasteiger partial charge in [-0.25, -0.2) is 4.79 Å². The molecule has 12 heteroatoms. The van der Waals surface area contributed by atoms with Crippen LogP contribution in [0.15, 0.2) is 51.8 Å². The second-order valence-corrected chi connectivity index (χ2v) is 11.6. The lowest BCUT2D eigenvalue weighted by Crippen LogP contribution is -2.49. The summed E-state index contributed by atoms with van der Waals surface area (Å²) in [5.41, 5.74) is -0.161. The van der Waals surface area contributed by atoms with Gasteiger partial charge in [-0.1, -0.05) is 28.5 Å². The SMILES string of the molecule is O=C(O)c1cncc(-c2noc(C34CCC(OCc5c(-c6ccccc6C(F)(F)F)noc5C5CC5)(CC3)CC4)n2)c1. The van der Waals surface area contributed by atoms with Gasteiger partial charge in [0.25, 0.3) is 0 Å². The highest BCUT2D eigenvalue weighted by molar-refractivity contribution is 5.88. The molecule has 1 N–H and O–H groups in total. The van der Waals surface area contributed by atoms with E-state index in [1.165, 1.54) is 30.6 Å². The van der Waals surface area contributed by atoms with Crippen LogP contribution in [0.3, 0.4) is 0 Å². The van der Waals surface area contributed by atoms with Crippen LogP contribution in [0.5, 0.6) is 0 Å². The van der Waals surface area contributed by atoms with Gasteiger partial charge in [-0.15, -0.1) is 0 Å². The number of carbonyl (C=O) groups is 1. The third-order valence-electron chi connectivity index (χ3n) is 9.08. The summed E-state index contributed by atoms with van der Waals surface area (Å²) in [7, 11) is 0. The first kappa shape index (κ1) is 26.8. The summed E-state index contributed by atoms with van der Waals surface area (Å²) >= 11 is 0. The normalized spacial score (nSPS) is 23.8. The standard InChI is InChI=1S/C30H27F3N4O5/c31-30(32,33)22-4-2-1-3-20(22)23-21(24(41-36-23)17-5-6-17)16-40-29-10-7-28(8-11-29,9-12-29)27-35-25(37-42-27)18-13-19(26(38)39)15-34-14-18/h1-4,13-15,17H,5-12,16H2,(H,38,39). The Balaban J connectivity index is 1.09. The summed E-state index contributed by atoms with van der Waals surface area (Å²) in [6.07, 6.45) is 4.54. The van der Waals surface area contributed by atoms with Crippen molar-refractivity contribution in [1.29, 1.82) is 0 Å². The number of benzene rings is 1. The number of halogens is 3. The lowest BCUT2D eigenvalue weighted by Gasteiger charge is -2.51. The van der Waals surface area contributed by atoms with Crippen molar-refractivity contribution in [2.24, 2.45) is 0 Å². The molecular weight excluding hydrogens is 553 g/mol. The summed E-state index contributed by atoms with van der Waals surface area (Å²) in [6.45, 7) is 0.126. The maximum atomic E-state index is 13.8. The van der Waals surface area contributed by atoms with Crippen LogP contribution in [0.1, 0.15) is 90.4 Å². The van der Waals surface area contributed by atoms with Crippen molar-refractivity contribution >= 4 is 5.97 Å². The quantitative estimate of drug-likeness (QED) is 0.236. The molecule has 0 spiro atoms. The average molecular weight is 581 g/mol. The number of ether oxygens (including phenoxy) is 1. The molecule has 0 atom stereocenters. The molecule has 0 saturated heterocycles. The van der Waals surface area contributed by atoms with E-state index in [0.717, 1.165) is 57.4 Å². The van der Waals surface area contributed by atoms with Crippen molar-refractivity contribution in [2.45, 2.75) is 81.1 Å². The zero-order valence-electron chi connectivity index (χ0n) is 22.5. The molecule has 4 aromatic rings. The van der Waals surface area contributed by atoms with Crippen LogP contribution in [0.4, 0.5) is 13.2 Å². The minimum absolute atomic E-state index is 0.000607. The number of pyridine rings is 1. The minimum atomic E-state index is -4.52. The van der Waals surface area contributed by atoms with Crippen LogP contribution in [0.2, 0.25) is 0 Å². The van der Waals surface area contributed by atoms with E-state index in [1.807, 2.05) is 0 Å². The monoisotopic (exact) mass is 580 g/mol. The highest BCUT2D eigenvalue weighted by Crippen LogP contribution is 2.55. The highest BCUT2D eigenvalue weighted by Gasteiger charge is 2.53. The Labute approximate surface area is 238 Å². The molecule has 1 aromatic carbocycles. The maximum Gasteiger partial charge on any atom is 0.417 e. The van der Waals surface area contributed by atoms with Crippen molar-refractivity contribution in [3.8, 4) is 22.6 Å². The van der Waals surface area contributed by atoms with Gasteiger partial charge < -0.3 is 18.9 Å².